The lowest BCUT2D eigenvalue weighted by atomic mass is 10.2. The van der Waals surface area contributed by atoms with Gasteiger partial charge in [-0.1, -0.05) is 24.9 Å². The average molecular weight is 288 g/mol. The number of amides is 1. The summed E-state index contributed by atoms with van der Waals surface area (Å²) >= 11 is 5.73. The highest BCUT2D eigenvalue weighted by Gasteiger charge is 2.11. The normalized spacial score (nSPS) is 10.5. The molecule has 0 aliphatic carbocycles. The molecule has 0 atom stereocenters. The van der Waals surface area contributed by atoms with Gasteiger partial charge in [0.05, 0.1) is 5.56 Å². The van der Waals surface area contributed by atoms with Crippen LogP contribution in [0.2, 0.25) is 5.02 Å². The van der Waals surface area contributed by atoms with Gasteiger partial charge in [-0.3, -0.25) is 4.79 Å². The van der Waals surface area contributed by atoms with E-state index in [0.29, 0.717) is 24.6 Å². The fourth-order valence-corrected chi connectivity index (χ4v) is 1.66. The number of unbranched alkanes of at least 4 members (excludes halogenated alkanes) is 1. The minimum absolute atomic E-state index is 0.0283. The van der Waals surface area contributed by atoms with Crippen LogP contribution in [0.25, 0.3) is 0 Å². The lowest BCUT2D eigenvalue weighted by Crippen LogP contribution is -2.26. The van der Waals surface area contributed by atoms with E-state index in [0.717, 1.165) is 19.4 Å². The molecule has 1 aromatic rings. The van der Waals surface area contributed by atoms with E-state index in [1.165, 1.54) is 18.2 Å². The van der Waals surface area contributed by atoms with E-state index < -0.39 is 11.7 Å². The van der Waals surface area contributed by atoms with E-state index >= 15 is 0 Å². The van der Waals surface area contributed by atoms with Crippen molar-refractivity contribution in [3.05, 3.63) is 34.6 Å². The smallest absolute Gasteiger partial charge is 0.254 e. The molecule has 0 heterocycles. The van der Waals surface area contributed by atoms with Crippen molar-refractivity contribution in [1.82, 2.24) is 5.32 Å². The largest absolute Gasteiger partial charge is 0.381 e. The number of hydrogen-bond donors (Lipinski definition) is 1. The zero-order valence-electron chi connectivity index (χ0n) is 11.0. The zero-order valence-corrected chi connectivity index (χ0v) is 11.8. The zero-order chi connectivity index (χ0) is 14.1. The van der Waals surface area contributed by atoms with Gasteiger partial charge in [0.15, 0.2) is 0 Å². The van der Waals surface area contributed by atoms with Crippen LogP contribution in [0, 0.1) is 5.82 Å². The van der Waals surface area contributed by atoms with Gasteiger partial charge in [0, 0.05) is 24.8 Å². The highest BCUT2D eigenvalue weighted by atomic mass is 35.5. The van der Waals surface area contributed by atoms with Gasteiger partial charge in [-0.2, -0.15) is 0 Å². The van der Waals surface area contributed by atoms with Gasteiger partial charge < -0.3 is 10.1 Å². The number of benzene rings is 1. The maximum atomic E-state index is 13.4. The van der Waals surface area contributed by atoms with Gasteiger partial charge in [-0.15, -0.1) is 0 Å². The maximum absolute atomic E-state index is 13.4. The summed E-state index contributed by atoms with van der Waals surface area (Å²) in [6, 6.07) is 3.92. The van der Waals surface area contributed by atoms with Gasteiger partial charge in [0.25, 0.3) is 5.91 Å². The van der Waals surface area contributed by atoms with Crippen molar-refractivity contribution in [2.45, 2.75) is 26.2 Å². The third-order valence-electron chi connectivity index (χ3n) is 2.57. The molecule has 0 bridgehead atoms. The second-order valence-corrected chi connectivity index (χ2v) is 4.64. The first-order valence-corrected chi connectivity index (χ1v) is 6.84. The number of carbonyl (C=O) groups excluding carboxylic acids is 1. The summed E-state index contributed by atoms with van der Waals surface area (Å²) in [5.41, 5.74) is -0.0283. The van der Waals surface area contributed by atoms with Crippen LogP contribution in [-0.2, 0) is 4.74 Å². The van der Waals surface area contributed by atoms with Gasteiger partial charge in [-0.25, -0.2) is 4.39 Å². The third kappa shape index (κ3) is 6.03. The summed E-state index contributed by atoms with van der Waals surface area (Å²) in [5.74, 6) is -1.02. The Labute approximate surface area is 118 Å². The summed E-state index contributed by atoms with van der Waals surface area (Å²) in [4.78, 5) is 11.7. The minimum atomic E-state index is -0.568. The molecule has 0 aliphatic rings. The van der Waals surface area contributed by atoms with Crippen LogP contribution >= 0.6 is 11.6 Å². The van der Waals surface area contributed by atoms with Crippen LogP contribution in [0.3, 0.4) is 0 Å². The van der Waals surface area contributed by atoms with Crippen LogP contribution in [0.5, 0.6) is 0 Å². The molecular formula is C14H19ClFNO2. The molecule has 0 saturated carbocycles. The molecule has 0 aliphatic heterocycles. The van der Waals surface area contributed by atoms with E-state index in [9.17, 15) is 9.18 Å². The number of nitrogens with one attached hydrogen (secondary N) is 1. The monoisotopic (exact) mass is 287 g/mol. The topological polar surface area (TPSA) is 38.3 Å². The van der Waals surface area contributed by atoms with Crippen LogP contribution in [0.4, 0.5) is 4.39 Å². The predicted octanol–water partition coefficient (Wildman–Crippen LogP) is 3.42. The molecule has 0 spiro atoms. The third-order valence-corrected chi connectivity index (χ3v) is 2.80. The fourth-order valence-electron chi connectivity index (χ4n) is 1.49. The van der Waals surface area contributed by atoms with Crippen molar-refractivity contribution in [3.63, 3.8) is 0 Å². The Morgan fingerprint density at radius 1 is 1.37 bits per heavy atom. The summed E-state index contributed by atoms with van der Waals surface area (Å²) in [5, 5.41) is 2.98. The Balaban J connectivity index is 2.26. The molecule has 5 heteroatoms. The Bertz CT molecular complexity index is 412. The van der Waals surface area contributed by atoms with Crippen molar-refractivity contribution in [2.75, 3.05) is 19.8 Å². The van der Waals surface area contributed by atoms with E-state index in [2.05, 4.69) is 12.2 Å². The molecule has 3 nitrogen and oxygen atoms in total. The summed E-state index contributed by atoms with van der Waals surface area (Å²) in [6.07, 6.45) is 2.85. The van der Waals surface area contributed by atoms with Gasteiger partial charge in [0.1, 0.15) is 5.82 Å². The molecule has 0 fully saturated rings. The number of rotatable bonds is 8. The summed E-state index contributed by atoms with van der Waals surface area (Å²) in [7, 11) is 0. The highest BCUT2D eigenvalue weighted by molar-refractivity contribution is 6.30. The first kappa shape index (κ1) is 15.9. The molecule has 0 radical (unpaired) electrons. The average Bonchev–Trinajstić information content (AvgIpc) is 2.40. The quantitative estimate of drug-likeness (QED) is 0.744. The van der Waals surface area contributed by atoms with Gasteiger partial charge in [0.2, 0.25) is 0 Å². The molecule has 1 N–H and O–H groups in total. The number of ether oxygens (including phenoxy) is 1. The molecule has 19 heavy (non-hydrogen) atoms. The first-order valence-electron chi connectivity index (χ1n) is 6.46. The van der Waals surface area contributed by atoms with E-state index in [1.807, 2.05) is 0 Å². The SMILES string of the molecule is CCCCOCCCNC(=O)c1cc(Cl)ccc1F. The molecule has 0 saturated heterocycles. The maximum Gasteiger partial charge on any atom is 0.254 e. The molecular weight excluding hydrogens is 269 g/mol. The van der Waals surface area contributed by atoms with Crippen LogP contribution in [0.15, 0.2) is 18.2 Å². The van der Waals surface area contributed by atoms with Crippen molar-refractivity contribution >= 4 is 17.5 Å². The van der Waals surface area contributed by atoms with Crippen LogP contribution in [-0.4, -0.2) is 25.7 Å². The Kier molecular flexibility index (Phi) is 7.45. The Morgan fingerprint density at radius 3 is 2.84 bits per heavy atom. The van der Waals surface area contributed by atoms with Gasteiger partial charge >= 0.3 is 0 Å². The lowest BCUT2D eigenvalue weighted by molar-refractivity contribution is 0.0936. The summed E-state index contributed by atoms with van der Waals surface area (Å²) < 4.78 is 18.7. The Morgan fingerprint density at radius 2 is 2.11 bits per heavy atom. The molecule has 1 rings (SSSR count). The number of carbonyl (C=O) groups is 1. The van der Waals surface area contributed by atoms with Crippen LogP contribution in [0.1, 0.15) is 36.5 Å². The summed E-state index contributed by atoms with van der Waals surface area (Å²) in [6.45, 7) is 3.89. The highest BCUT2D eigenvalue weighted by Crippen LogP contribution is 2.14. The van der Waals surface area contributed by atoms with Crippen molar-refractivity contribution in [1.29, 1.82) is 0 Å². The van der Waals surface area contributed by atoms with Crippen molar-refractivity contribution in [3.8, 4) is 0 Å². The number of halogens is 2. The van der Waals surface area contributed by atoms with Gasteiger partial charge in [-0.05, 0) is 31.0 Å². The lowest BCUT2D eigenvalue weighted by Gasteiger charge is -2.07. The predicted molar refractivity (Wildman–Crippen MR) is 74.1 cm³/mol. The first-order chi connectivity index (χ1) is 9.15. The number of hydrogen-bond acceptors (Lipinski definition) is 2. The molecule has 106 valence electrons. The molecule has 1 aromatic carbocycles. The molecule has 0 unspecified atom stereocenters. The second kappa shape index (κ2) is 8.88. The van der Waals surface area contributed by atoms with Crippen LogP contribution < -0.4 is 5.32 Å². The Hall–Kier alpha value is -1.13. The fraction of sp³-hybridized carbons (Fsp3) is 0.500. The minimum Gasteiger partial charge on any atom is -0.381 e. The van der Waals surface area contributed by atoms with E-state index in [1.54, 1.807) is 0 Å². The van der Waals surface area contributed by atoms with Crippen molar-refractivity contribution in [2.24, 2.45) is 0 Å². The van der Waals surface area contributed by atoms with Crippen molar-refractivity contribution < 1.29 is 13.9 Å². The standard InChI is InChI=1S/C14H19ClFNO2/c1-2-3-8-19-9-4-7-17-14(18)12-10-11(15)5-6-13(12)16/h5-6,10H,2-4,7-9H2,1H3,(H,17,18). The second-order valence-electron chi connectivity index (χ2n) is 4.20. The molecule has 1 amide bonds. The molecule has 0 aromatic heterocycles. The van der Waals surface area contributed by atoms with E-state index in [-0.39, 0.29) is 5.56 Å². The van der Waals surface area contributed by atoms with E-state index in [4.69, 9.17) is 16.3 Å².